The SMILES string of the molecule is CCNCCS(=O)(=O)Nc1ccc(OC)cc1OC. The number of benzene rings is 1. The van der Waals surface area contributed by atoms with Crippen molar-refractivity contribution < 1.29 is 17.9 Å². The molecule has 108 valence electrons. The number of rotatable bonds is 8. The number of sulfonamides is 1. The molecule has 0 aromatic heterocycles. The fraction of sp³-hybridized carbons (Fsp3) is 0.500. The summed E-state index contributed by atoms with van der Waals surface area (Å²) in [5.41, 5.74) is 0.403. The van der Waals surface area contributed by atoms with Gasteiger partial charge < -0.3 is 14.8 Å². The van der Waals surface area contributed by atoms with Gasteiger partial charge in [0.05, 0.1) is 25.7 Å². The van der Waals surface area contributed by atoms with Gasteiger partial charge in [0, 0.05) is 12.6 Å². The van der Waals surface area contributed by atoms with Crippen LogP contribution in [-0.2, 0) is 10.0 Å². The zero-order valence-corrected chi connectivity index (χ0v) is 12.2. The van der Waals surface area contributed by atoms with Crippen molar-refractivity contribution in [1.29, 1.82) is 0 Å². The van der Waals surface area contributed by atoms with Gasteiger partial charge in [-0.2, -0.15) is 0 Å². The van der Waals surface area contributed by atoms with Gasteiger partial charge in [0.15, 0.2) is 0 Å². The van der Waals surface area contributed by atoms with E-state index in [2.05, 4.69) is 10.0 Å². The first-order valence-corrected chi connectivity index (χ1v) is 7.61. The third-order valence-electron chi connectivity index (χ3n) is 2.47. The molecule has 0 radical (unpaired) electrons. The van der Waals surface area contributed by atoms with Gasteiger partial charge in [-0.25, -0.2) is 8.42 Å². The molecule has 6 nitrogen and oxygen atoms in total. The molecule has 1 rings (SSSR count). The van der Waals surface area contributed by atoms with Crippen molar-refractivity contribution in [2.75, 3.05) is 37.8 Å². The molecule has 0 heterocycles. The monoisotopic (exact) mass is 288 g/mol. The molecule has 0 bridgehead atoms. The second kappa shape index (κ2) is 7.20. The molecule has 2 N–H and O–H groups in total. The molecule has 7 heteroatoms. The number of nitrogens with one attached hydrogen (secondary N) is 2. The van der Waals surface area contributed by atoms with E-state index in [1.807, 2.05) is 6.92 Å². The number of hydrogen-bond donors (Lipinski definition) is 2. The van der Waals surface area contributed by atoms with Crippen molar-refractivity contribution in [3.05, 3.63) is 18.2 Å². The second-order valence-electron chi connectivity index (χ2n) is 3.84. The van der Waals surface area contributed by atoms with E-state index in [4.69, 9.17) is 9.47 Å². The van der Waals surface area contributed by atoms with Crippen molar-refractivity contribution >= 4 is 15.7 Å². The number of methoxy groups -OCH3 is 2. The highest BCUT2D eigenvalue weighted by molar-refractivity contribution is 7.92. The summed E-state index contributed by atoms with van der Waals surface area (Å²) in [4.78, 5) is 0. The summed E-state index contributed by atoms with van der Waals surface area (Å²) in [5.74, 6) is 1.04. The van der Waals surface area contributed by atoms with Crippen molar-refractivity contribution in [2.45, 2.75) is 6.92 Å². The van der Waals surface area contributed by atoms with Crippen LogP contribution < -0.4 is 19.5 Å². The standard InChI is InChI=1S/C12H20N2O4S/c1-4-13-7-8-19(15,16)14-11-6-5-10(17-2)9-12(11)18-3/h5-6,9,13-14H,4,7-8H2,1-3H3. The van der Waals surface area contributed by atoms with E-state index in [0.717, 1.165) is 6.54 Å². The quantitative estimate of drug-likeness (QED) is 0.699. The normalized spacial score (nSPS) is 11.1. The Bertz CT molecular complexity index is 502. The smallest absolute Gasteiger partial charge is 0.234 e. The average Bonchev–Trinajstić information content (AvgIpc) is 2.39. The van der Waals surface area contributed by atoms with E-state index in [1.165, 1.54) is 14.2 Å². The fourth-order valence-electron chi connectivity index (χ4n) is 1.48. The minimum Gasteiger partial charge on any atom is -0.497 e. The lowest BCUT2D eigenvalue weighted by atomic mass is 10.3. The maximum atomic E-state index is 11.9. The summed E-state index contributed by atoms with van der Waals surface area (Å²) in [6, 6.07) is 4.91. The van der Waals surface area contributed by atoms with Crippen molar-refractivity contribution in [3.63, 3.8) is 0 Å². The van der Waals surface area contributed by atoms with E-state index in [0.29, 0.717) is 23.7 Å². The predicted molar refractivity (Wildman–Crippen MR) is 75.5 cm³/mol. The molecule has 0 aliphatic carbocycles. The van der Waals surface area contributed by atoms with E-state index in [-0.39, 0.29) is 5.75 Å². The van der Waals surface area contributed by atoms with Crippen LogP contribution in [-0.4, -0.2) is 41.5 Å². The Morgan fingerprint density at radius 3 is 2.53 bits per heavy atom. The van der Waals surface area contributed by atoms with E-state index < -0.39 is 10.0 Å². The highest BCUT2D eigenvalue weighted by atomic mass is 32.2. The van der Waals surface area contributed by atoms with Crippen LogP contribution in [0.5, 0.6) is 11.5 Å². The van der Waals surface area contributed by atoms with Crippen LogP contribution in [0.3, 0.4) is 0 Å². The fourth-order valence-corrected chi connectivity index (χ4v) is 2.50. The maximum Gasteiger partial charge on any atom is 0.234 e. The Hall–Kier alpha value is -1.47. The lowest BCUT2D eigenvalue weighted by Gasteiger charge is -2.13. The Kier molecular flexibility index (Phi) is 5.91. The van der Waals surface area contributed by atoms with Gasteiger partial charge in [-0.1, -0.05) is 6.92 Å². The second-order valence-corrected chi connectivity index (χ2v) is 5.68. The summed E-state index contributed by atoms with van der Waals surface area (Å²) in [5, 5.41) is 2.97. The summed E-state index contributed by atoms with van der Waals surface area (Å²) >= 11 is 0. The van der Waals surface area contributed by atoms with E-state index in [9.17, 15) is 8.42 Å². The highest BCUT2D eigenvalue weighted by Gasteiger charge is 2.13. The average molecular weight is 288 g/mol. The predicted octanol–water partition coefficient (Wildman–Crippen LogP) is 1.05. The summed E-state index contributed by atoms with van der Waals surface area (Å²) in [6.07, 6.45) is 0. The highest BCUT2D eigenvalue weighted by Crippen LogP contribution is 2.29. The molecule has 1 aromatic carbocycles. The molecule has 0 atom stereocenters. The van der Waals surface area contributed by atoms with Crippen LogP contribution in [0.15, 0.2) is 18.2 Å². The van der Waals surface area contributed by atoms with Gasteiger partial charge in [0.25, 0.3) is 0 Å². The molecule has 0 aliphatic rings. The molecule has 0 spiro atoms. The Labute approximate surface area is 114 Å². The van der Waals surface area contributed by atoms with Gasteiger partial charge in [0.2, 0.25) is 10.0 Å². The molecule has 1 aromatic rings. The number of anilines is 1. The van der Waals surface area contributed by atoms with Crippen molar-refractivity contribution in [3.8, 4) is 11.5 Å². The topological polar surface area (TPSA) is 76.7 Å². The first-order valence-electron chi connectivity index (χ1n) is 5.95. The number of hydrogen-bond acceptors (Lipinski definition) is 5. The third-order valence-corrected chi connectivity index (χ3v) is 3.74. The van der Waals surface area contributed by atoms with Crippen LogP contribution in [0.25, 0.3) is 0 Å². The maximum absolute atomic E-state index is 11.9. The largest absolute Gasteiger partial charge is 0.497 e. The lowest BCUT2D eigenvalue weighted by molar-refractivity contribution is 0.395. The minimum atomic E-state index is -3.39. The molecule has 0 unspecified atom stereocenters. The summed E-state index contributed by atoms with van der Waals surface area (Å²) in [7, 11) is -0.378. The van der Waals surface area contributed by atoms with E-state index >= 15 is 0 Å². The number of ether oxygens (including phenoxy) is 2. The first kappa shape index (κ1) is 15.6. The molecule has 0 aliphatic heterocycles. The lowest BCUT2D eigenvalue weighted by Crippen LogP contribution is -2.26. The Balaban J connectivity index is 2.80. The van der Waals surface area contributed by atoms with Crippen molar-refractivity contribution in [2.24, 2.45) is 0 Å². The van der Waals surface area contributed by atoms with Crippen LogP contribution in [0, 0.1) is 0 Å². The summed E-state index contributed by atoms with van der Waals surface area (Å²) < 4.78 is 36.4. The molecule has 0 saturated carbocycles. The molecule has 0 fully saturated rings. The molecular formula is C12H20N2O4S. The molecule has 0 saturated heterocycles. The van der Waals surface area contributed by atoms with Crippen molar-refractivity contribution in [1.82, 2.24) is 5.32 Å². The minimum absolute atomic E-state index is 0.00994. The first-order chi connectivity index (χ1) is 9.02. The molecule has 19 heavy (non-hydrogen) atoms. The van der Waals surface area contributed by atoms with Crippen LogP contribution in [0.1, 0.15) is 6.92 Å². The van der Waals surface area contributed by atoms with Gasteiger partial charge in [0.1, 0.15) is 11.5 Å². The van der Waals surface area contributed by atoms with Gasteiger partial charge >= 0.3 is 0 Å². The van der Waals surface area contributed by atoms with Gasteiger partial charge in [-0.3, -0.25) is 4.72 Å². The Morgan fingerprint density at radius 1 is 1.21 bits per heavy atom. The third kappa shape index (κ3) is 4.96. The van der Waals surface area contributed by atoms with Gasteiger partial charge in [-0.05, 0) is 18.7 Å². The van der Waals surface area contributed by atoms with Crippen LogP contribution in [0.2, 0.25) is 0 Å². The van der Waals surface area contributed by atoms with Crippen LogP contribution >= 0.6 is 0 Å². The molecule has 0 amide bonds. The zero-order valence-electron chi connectivity index (χ0n) is 11.4. The summed E-state index contributed by atoms with van der Waals surface area (Å²) in [6.45, 7) is 3.07. The Morgan fingerprint density at radius 2 is 1.95 bits per heavy atom. The van der Waals surface area contributed by atoms with Gasteiger partial charge in [-0.15, -0.1) is 0 Å². The van der Waals surface area contributed by atoms with E-state index in [1.54, 1.807) is 18.2 Å². The van der Waals surface area contributed by atoms with Crippen LogP contribution in [0.4, 0.5) is 5.69 Å². The zero-order chi connectivity index (χ0) is 14.3. The molecular weight excluding hydrogens is 268 g/mol.